The van der Waals surface area contributed by atoms with Crippen molar-refractivity contribution in [2.45, 2.75) is 25.8 Å². The summed E-state index contributed by atoms with van der Waals surface area (Å²) in [6.45, 7) is 3.61. The zero-order valence-electron chi connectivity index (χ0n) is 9.11. The van der Waals surface area contributed by atoms with Crippen LogP contribution in [0.25, 0.3) is 0 Å². The van der Waals surface area contributed by atoms with Crippen LogP contribution >= 0.6 is 0 Å². The van der Waals surface area contributed by atoms with Gasteiger partial charge in [0, 0.05) is 6.04 Å². The molecule has 0 saturated carbocycles. The van der Waals surface area contributed by atoms with Crippen molar-refractivity contribution in [1.82, 2.24) is 4.90 Å². The van der Waals surface area contributed by atoms with E-state index in [1.54, 1.807) is 0 Å². The maximum atomic E-state index is 2.49. The van der Waals surface area contributed by atoms with Crippen molar-refractivity contribution in [3.05, 3.63) is 35.9 Å². The fourth-order valence-corrected chi connectivity index (χ4v) is 2.63. The maximum Gasteiger partial charge on any atom is 0.0370 e. The molecule has 1 heteroatoms. The first-order chi connectivity index (χ1) is 6.79. The smallest absolute Gasteiger partial charge is 0.0370 e. The molecular formula is C13H19N. The molecule has 1 saturated heterocycles. The first kappa shape index (κ1) is 9.72. The zero-order chi connectivity index (χ0) is 9.97. The van der Waals surface area contributed by atoms with Gasteiger partial charge in [-0.1, -0.05) is 37.3 Å². The molecule has 14 heavy (non-hydrogen) atoms. The van der Waals surface area contributed by atoms with E-state index in [1.165, 1.54) is 24.9 Å². The van der Waals surface area contributed by atoms with Crippen molar-refractivity contribution in [3.8, 4) is 0 Å². The van der Waals surface area contributed by atoms with Gasteiger partial charge in [-0.3, -0.25) is 4.90 Å². The molecule has 0 N–H and O–H groups in total. The first-order valence-corrected chi connectivity index (χ1v) is 5.54. The highest BCUT2D eigenvalue weighted by Crippen LogP contribution is 2.34. The summed E-state index contributed by atoms with van der Waals surface area (Å²) >= 11 is 0. The normalized spacial score (nSPS) is 29.0. The van der Waals surface area contributed by atoms with E-state index in [4.69, 9.17) is 0 Å². The lowest BCUT2D eigenvalue weighted by atomic mass is 9.86. The van der Waals surface area contributed by atoms with E-state index in [0.29, 0.717) is 6.04 Å². The second-order valence-electron chi connectivity index (χ2n) is 4.46. The zero-order valence-corrected chi connectivity index (χ0v) is 9.11. The van der Waals surface area contributed by atoms with Crippen LogP contribution in [-0.2, 0) is 0 Å². The topological polar surface area (TPSA) is 3.24 Å². The molecule has 0 aliphatic carbocycles. The molecule has 0 spiro atoms. The monoisotopic (exact) mass is 189 g/mol. The van der Waals surface area contributed by atoms with Gasteiger partial charge >= 0.3 is 0 Å². The fraction of sp³-hybridized carbons (Fsp3) is 0.538. The summed E-state index contributed by atoms with van der Waals surface area (Å²) < 4.78 is 0. The molecule has 2 atom stereocenters. The van der Waals surface area contributed by atoms with Crippen molar-refractivity contribution in [2.24, 2.45) is 5.92 Å². The van der Waals surface area contributed by atoms with Gasteiger partial charge in [-0.15, -0.1) is 0 Å². The predicted octanol–water partition coefficient (Wildman–Crippen LogP) is 3.09. The number of nitrogens with zero attached hydrogens (tertiary/aromatic N) is 1. The standard InChI is InChI=1S/C13H19N/c1-11-7-6-10-14(2)13(11)12-8-4-3-5-9-12/h3-5,8-9,11,13H,6-7,10H2,1-2H3/t11-,13-/m1/s1. The highest BCUT2D eigenvalue weighted by molar-refractivity contribution is 5.20. The summed E-state index contributed by atoms with van der Waals surface area (Å²) in [6.07, 6.45) is 2.71. The van der Waals surface area contributed by atoms with Gasteiger partial charge in [0.05, 0.1) is 0 Å². The molecule has 0 radical (unpaired) electrons. The molecule has 2 rings (SSSR count). The van der Waals surface area contributed by atoms with Gasteiger partial charge in [0.1, 0.15) is 0 Å². The Hall–Kier alpha value is -0.820. The van der Waals surface area contributed by atoms with Crippen LogP contribution in [0, 0.1) is 5.92 Å². The molecule has 1 aromatic carbocycles. The van der Waals surface area contributed by atoms with Crippen molar-refractivity contribution in [2.75, 3.05) is 13.6 Å². The van der Waals surface area contributed by atoms with E-state index in [9.17, 15) is 0 Å². The van der Waals surface area contributed by atoms with Crippen LogP contribution < -0.4 is 0 Å². The molecular weight excluding hydrogens is 170 g/mol. The highest BCUT2D eigenvalue weighted by atomic mass is 15.1. The summed E-state index contributed by atoms with van der Waals surface area (Å²) in [6, 6.07) is 11.5. The third-order valence-electron chi connectivity index (χ3n) is 3.33. The molecule has 0 bridgehead atoms. The average molecular weight is 189 g/mol. The van der Waals surface area contributed by atoms with Crippen molar-refractivity contribution in [1.29, 1.82) is 0 Å². The summed E-state index contributed by atoms with van der Waals surface area (Å²) in [7, 11) is 2.24. The lowest BCUT2D eigenvalue weighted by Crippen LogP contribution is -2.34. The molecule has 0 unspecified atom stereocenters. The van der Waals surface area contributed by atoms with Gasteiger partial charge in [-0.05, 0) is 37.9 Å². The van der Waals surface area contributed by atoms with E-state index >= 15 is 0 Å². The lowest BCUT2D eigenvalue weighted by molar-refractivity contribution is 0.131. The van der Waals surface area contributed by atoms with Crippen molar-refractivity contribution < 1.29 is 0 Å². The average Bonchev–Trinajstić information content (AvgIpc) is 2.19. The van der Waals surface area contributed by atoms with Crippen LogP contribution in [0.5, 0.6) is 0 Å². The quantitative estimate of drug-likeness (QED) is 0.656. The van der Waals surface area contributed by atoms with Gasteiger partial charge in [0.2, 0.25) is 0 Å². The third-order valence-corrected chi connectivity index (χ3v) is 3.33. The van der Waals surface area contributed by atoms with Gasteiger partial charge in [-0.25, -0.2) is 0 Å². The van der Waals surface area contributed by atoms with Gasteiger partial charge < -0.3 is 0 Å². The number of likely N-dealkylation sites (tertiary alicyclic amines) is 1. The molecule has 1 aromatic rings. The summed E-state index contributed by atoms with van der Waals surface area (Å²) in [5.74, 6) is 0.788. The van der Waals surface area contributed by atoms with Crippen molar-refractivity contribution in [3.63, 3.8) is 0 Å². The Kier molecular flexibility index (Phi) is 2.87. The fourth-order valence-electron chi connectivity index (χ4n) is 2.63. The highest BCUT2D eigenvalue weighted by Gasteiger charge is 2.26. The van der Waals surface area contributed by atoms with E-state index in [-0.39, 0.29) is 0 Å². The second kappa shape index (κ2) is 4.14. The molecule has 0 aromatic heterocycles. The Bertz CT molecular complexity index is 271. The number of rotatable bonds is 1. The Morgan fingerprint density at radius 2 is 1.93 bits per heavy atom. The van der Waals surface area contributed by atoms with Crippen LogP contribution in [0.15, 0.2) is 30.3 Å². The van der Waals surface area contributed by atoms with Gasteiger partial charge in [-0.2, -0.15) is 0 Å². The van der Waals surface area contributed by atoms with Crippen LogP contribution in [0.4, 0.5) is 0 Å². The Morgan fingerprint density at radius 3 is 2.57 bits per heavy atom. The van der Waals surface area contributed by atoms with E-state index in [2.05, 4.69) is 49.2 Å². The van der Waals surface area contributed by atoms with E-state index in [1.807, 2.05) is 0 Å². The van der Waals surface area contributed by atoms with Crippen LogP contribution in [-0.4, -0.2) is 18.5 Å². The maximum absolute atomic E-state index is 2.49. The Labute approximate surface area is 86.7 Å². The van der Waals surface area contributed by atoms with Gasteiger partial charge in [0.15, 0.2) is 0 Å². The van der Waals surface area contributed by atoms with Crippen molar-refractivity contribution >= 4 is 0 Å². The molecule has 1 heterocycles. The minimum absolute atomic E-state index is 0.630. The largest absolute Gasteiger partial charge is 0.299 e. The SMILES string of the molecule is C[C@@H]1CCCN(C)[C@H]1c1ccccc1. The minimum atomic E-state index is 0.630. The number of piperidine rings is 1. The predicted molar refractivity (Wildman–Crippen MR) is 60.2 cm³/mol. The second-order valence-corrected chi connectivity index (χ2v) is 4.46. The number of hydrogen-bond donors (Lipinski definition) is 0. The summed E-state index contributed by atoms with van der Waals surface area (Å²) in [4.78, 5) is 2.49. The number of hydrogen-bond acceptors (Lipinski definition) is 1. The minimum Gasteiger partial charge on any atom is -0.299 e. The van der Waals surface area contributed by atoms with E-state index < -0.39 is 0 Å². The van der Waals surface area contributed by atoms with Crippen LogP contribution in [0.1, 0.15) is 31.4 Å². The molecule has 1 nitrogen and oxygen atoms in total. The summed E-state index contributed by atoms with van der Waals surface area (Å²) in [5, 5.41) is 0. The molecule has 76 valence electrons. The number of benzene rings is 1. The first-order valence-electron chi connectivity index (χ1n) is 5.54. The van der Waals surface area contributed by atoms with Crippen LogP contribution in [0.2, 0.25) is 0 Å². The molecule has 1 aliphatic rings. The third kappa shape index (κ3) is 1.83. The summed E-state index contributed by atoms with van der Waals surface area (Å²) in [5.41, 5.74) is 1.47. The Balaban J connectivity index is 2.23. The lowest BCUT2D eigenvalue weighted by Gasteiger charge is -2.37. The molecule has 0 amide bonds. The Morgan fingerprint density at radius 1 is 1.21 bits per heavy atom. The molecule has 1 aliphatic heterocycles. The molecule has 1 fully saturated rings. The van der Waals surface area contributed by atoms with Crippen LogP contribution in [0.3, 0.4) is 0 Å². The van der Waals surface area contributed by atoms with Gasteiger partial charge in [0.25, 0.3) is 0 Å². The van der Waals surface area contributed by atoms with E-state index in [0.717, 1.165) is 5.92 Å².